The number of piperidine rings is 1. The molecule has 1 amide bonds. The van der Waals surface area contributed by atoms with E-state index in [9.17, 15) is 9.90 Å². The molecule has 3 N–H and O–H groups in total. The number of amides is 1. The van der Waals surface area contributed by atoms with Crippen LogP contribution in [0.25, 0.3) is 0 Å². The molecule has 3 atom stereocenters. The van der Waals surface area contributed by atoms with Gasteiger partial charge in [0.2, 0.25) is 5.91 Å². The molecule has 4 nitrogen and oxygen atoms in total. The number of rotatable bonds is 3. The molecule has 1 aliphatic rings. The number of aliphatic hydroxyl groups is 1. The second-order valence-corrected chi connectivity index (χ2v) is 5.57. The Bertz CT molecular complexity index is 322. The Morgan fingerprint density at radius 2 is 2.24 bits per heavy atom. The van der Waals surface area contributed by atoms with Crippen LogP contribution in [0.1, 0.15) is 33.6 Å². The summed E-state index contributed by atoms with van der Waals surface area (Å²) in [6.07, 6.45) is 0.926. The highest BCUT2D eigenvalue weighted by Crippen LogP contribution is 2.27. The molecule has 0 aromatic heterocycles. The Morgan fingerprint density at radius 1 is 1.65 bits per heavy atom. The van der Waals surface area contributed by atoms with Crippen LogP contribution < -0.4 is 5.73 Å². The summed E-state index contributed by atoms with van der Waals surface area (Å²) in [6, 6.07) is 0. The number of nitrogens with two attached hydrogens (primary N) is 1. The van der Waals surface area contributed by atoms with Gasteiger partial charge in [-0.15, -0.1) is 0 Å². The SMILES string of the molecule is CCC(C)(C(=O)N1CCC(O)C(C)C1)C(N)=S. The summed E-state index contributed by atoms with van der Waals surface area (Å²) in [7, 11) is 0. The van der Waals surface area contributed by atoms with E-state index in [1.165, 1.54) is 0 Å². The Morgan fingerprint density at radius 3 is 2.65 bits per heavy atom. The maximum absolute atomic E-state index is 12.4. The number of hydrogen-bond donors (Lipinski definition) is 2. The fraction of sp³-hybridized carbons (Fsp3) is 0.833. The van der Waals surface area contributed by atoms with Gasteiger partial charge < -0.3 is 15.7 Å². The number of carbonyl (C=O) groups excluding carboxylic acids is 1. The zero-order valence-corrected chi connectivity index (χ0v) is 11.6. The number of carbonyl (C=O) groups is 1. The highest BCUT2D eigenvalue weighted by atomic mass is 32.1. The third-order valence-corrected chi connectivity index (χ3v) is 4.32. The van der Waals surface area contributed by atoms with Crippen molar-refractivity contribution in [3.8, 4) is 0 Å². The van der Waals surface area contributed by atoms with Gasteiger partial charge in [-0.2, -0.15) is 0 Å². The summed E-state index contributed by atoms with van der Waals surface area (Å²) < 4.78 is 0. The summed E-state index contributed by atoms with van der Waals surface area (Å²) >= 11 is 5.01. The zero-order valence-electron chi connectivity index (χ0n) is 10.8. The first-order valence-electron chi connectivity index (χ1n) is 6.10. The number of nitrogens with zero attached hydrogens (tertiary/aromatic N) is 1. The first-order chi connectivity index (χ1) is 7.82. The van der Waals surface area contributed by atoms with Gasteiger partial charge in [-0.25, -0.2) is 0 Å². The fourth-order valence-electron chi connectivity index (χ4n) is 2.10. The van der Waals surface area contributed by atoms with Crippen LogP contribution in [0.5, 0.6) is 0 Å². The van der Waals surface area contributed by atoms with Crippen LogP contribution in [-0.4, -0.2) is 40.1 Å². The number of likely N-dealkylation sites (tertiary alicyclic amines) is 1. The van der Waals surface area contributed by atoms with Gasteiger partial charge in [0.1, 0.15) is 0 Å². The smallest absolute Gasteiger partial charge is 0.235 e. The van der Waals surface area contributed by atoms with Crippen LogP contribution >= 0.6 is 12.2 Å². The second kappa shape index (κ2) is 5.31. The summed E-state index contributed by atoms with van der Waals surface area (Å²) in [5.74, 6) is 0.103. The molecule has 5 heteroatoms. The van der Waals surface area contributed by atoms with Crippen LogP contribution in [0.15, 0.2) is 0 Å². The maximum atomic E-state index is 12.4. The Kier molecular flexibility index (Phi) is 4.49. The number of hydrogen-bond acceptors (Lipinski definition) is 3. The van der Waals surface area contributed by atoms with Gasteiger partial charge in [-0.1, -0.05) is 26.1 Å². The van der Waals surface area contributed by atoms with Crippen molar-refractivity contribution in [1.82, 2.24) is 4.90 Å². The van der Waals surface area contributed by atoms with Crippen molar-refractivity contribution >= 4 is 23.1 Å². The molecular weight excluding hydrogens is 236 g/mol. The van der Waals surface area contributed by atoms with Crippen molar-refractivity contribution < 1.29 is 9.90 Å². The summed E-state index contributed by atoms with van der Waals surface area (Å²) in [5, 5.41) is 9.66. The lowest BCUT2D eigenvalue weighted by molar-refractivity contribution is -0.141. The van der Waals surface area contributed by atoms with Crippen LogP contribution in [0, 0.1) is 11.3 Å². The van der Waals surface area contributed by atoms with Crippen LogP contribution in [0.4, 0.5) is 0 Å². The second-order valence-electron chi connectivity index (χ2n) is 5.13. The van der Waals surface area contributed by atoms with Crippen LogP contribution in [0.3, 0.4) is 0 Å². The lowest BCUT2D eigenvalue weighted by Gasteiger charge is -2.39. The predicted octanol–water partition coefficient (Wildman–Crippen LogP) is 0.918. The lowest BCUT2D eigenvalue weighted by Crippen LogP contribution is -2.53. The molecule has 0 spiro atoms. The minimum Gasteiger partial charge on any atom is -0.393 e. The average Bonchev–Trinajstić information content (AvgIpc) is 2.30. The zero-order chi connectivity index (χ0) is 13.2. The van der Waals surface area contributed by atoms with E-state index in [0.717, 1.165) is 0 Å². The van der Waals surface area contributed by atoms with Crippen molar-refractivity contribution in [1.29, 1.82) is 0 Å². The molecule has 0 saturated carbocycles. The monoisotopic (exact) mass is 258 g/mol. The molecule has 0 bridgehead atoms. The molecule has 0 aromatic carbocycles. The van der Waals surface area contributed by atoms with Gasteiger partial charge in [0.25, 0.3) is 0 Å². The number of aliphatic hydroxyl groups excluding tert-OH is 1. The van der Waals surface area contributed by atoms with E-state index < -0.39 is 5.41 Å². The quantitative estimate of drug-likeness (QED) is 0.739. The molecule has 0 aromatic rings. The van der Waals surface area contributed by atoms with Crippen molar-refractivity contribution in [2.45, 2.75) is 39.7 Å². The Hall–Kier alpha value is -0.680. The highest BCUT2D eigenvalue weighted by molar-refractivity contribution is 7.80. The lowest BCUT2D eigenvalue weighted by atomic mass is 9.84. The molecule has 1 aliphatic heterocycles. The van der Waals surface area contributed by atoms with E-state index in [4.69, 9.17) is 18.0 Å². The molecule has 3 unspecified atom stereocenters. The molecular formula is C12H22N2O2S. The van der Waals surface area contributed by atoms with Crippen molar-refractivity contribution in [3.63, 3.8) is 0 Å². The minimum absolute atomic E-state index is 0.00810. The minimum atomic E-state index is -0.753. The fourth-order valence-corrected chi connectivity index (χ4v) is 2.33. The topological polar surface area (TPSA) is 66.6 Å². The van der Waals surface area contributed by atoms with Crippen molar-refractivity contribution in [3.05, 3.63) is 0 Å². The van der Waals surface area contributed by atoms with Crippen LogP contribution in [-0.2, 0) is 4.79 Å². The maximum Gasteiger partial charge on any atom is 0.235 e. The third-order valence-electron chi connectivity index (χ3n) is 3.87. The summed E-state index contributed by atoms with van der Waals surface area (Å²) in [6.45, 7) is 6.83. The molecule has 0 radical (unpaired) electrons. The molecule has 1 fully saturated rings. The standard InChI is InChI=1S/C12H22N2O2S/c1-4-12(3,10(13)17)11(16)14-6-5-9(15)8(2)7-14/h8-9,15H,4-7H2,1-3H3,(H2,13,17). The van der Waals surface area contributed by atoms with Crippen molar-refractivity contribution in [2.75, 3.05) is 13.1 Å². The normalized spacial score (nSPS) is 28.6. The van der Waals surface area contributed by atoms with E-state index in [2.05, 4.69) is 0 Å². The van der Waals surface area contributed by atoms with Crippen molar-refractivity contribution in [2.24, 2.45) is 17.1 Å². The van der Waals surface area contributed by atoms with Gasteiger partial charge in [-0.3, -0.25) is 4.79 Å². The first kappa shape index (κ1) is 14.4. The van der Waals surface area contributed by atoms with Gasteiger partial charge in [0.05, 0.1) is 16.5 Å². The van der Waals surface area contributed by atoms with Gasteiger partial charge in [-0.05, 0) is 25.7 Å². The highest BCUT2D eigenvalue weighted by Gasteiger charge is 2.40. The molecule has 1 heterocycles. The van der Waals surface area contributed by atoms with Gasteiger partial charge >= 0.3 is 0 Å². The average molecular weight is 258 g/mol. The van der Waals surface area contributed by atoms with E-state index in [-0.39, 0.29) is 22.9 Å². The molecule has 1 saturated heterocycles. The Balaban J connectivity index is 2.80. The van der Waals surface area contributed by atoms with Crippen LogP contribution in [0.2, 0.25) is 0 Å². The largest absolute Gasteiger partial charge is 0.393 e. The molecule has 17 heavy (non-hydrogen) atoms. The van der Waals surface area contributed by atoms with E-state index in [1.807, 2.05) is 13.8 Å². The first-order valence-corrected chi connectivity index (χ1v) is 6.51. The van der Waals surface area contributed by atoms with Gasteiger partial charge in [0.15, 0.2) is 0 Å². The van der Waals surface area contributed by atoms with Gasteiger partial charge in [0, 0.05) is 13.1 Å². The predicted molar refractivity (Wildman–Crippen MR) is 71.6 cm³/mol. The van der Waals surface area contributed by atoms with E-state index in [0.29, 0.717) is 25.9 Å². The van der Waals surface area contributed by atoms with E-state index in [1.54, 1.807) is 11.8 Å². The summed E-state index contributed by atoms with van der Waals surface area (Å²) in [4.78, 5) is 14.5. The Labute approximate surface area is 108 Å². The molecule has 0 aliphatic carbocycles. The molecule has 98 valence electrons. The summed E-state index contributed by atoms with van der Waals surface area (Å²) in [5.41, 5.74) is 4.93. The third kappa shape index (κ3) is 2.77. The van der Waals surface area contributed by atoms with E-state index >= 15 is 0 Å². The number of thiocarbonyl (C=S) groups is 1. The molecule has 1 rings (SSSR count).